The molecule has 1 unspecified atom stereocenters. The molecular weight excluding hydrogens is 362 g/mol. The molecule has 1 fully saturated rings. The lowest BCUT2D eigenvalue weighted by Gasteiger charge is -2.26. The Morgan fingerprint density at radius 3 is 2.59 bits per heavy atom. The molecule has 0 aliphatic carbocycles. The maximum atomic E-state index is 13.4. The Bertz CT molecular complexity index is 845. The monoisotopic (exact) mass is 384 g/mol. The van der Waals surface area contributed by atoms with Gasteiger partial charge in [-0.3, -0.25) is 9.69 Å². The van der Waals surface area contributed by atoms with E-state index in [0.29, 0.717) is 10.8 Å². The van der Waals surface area contributed by atoms with Crippen molar-refractivity contribution in [3.8, 4) is 0 Å². The molecule has 4 rings (SSSR count). The lowest BCUT2D eigenvalue weighted by atomic mass is 9.98. The van der Waals surface area contributed by atoms with Crippen LogP contribution in [0.3, 0.4) is 0 Å². The molecule has 0 bridgehead atoms. The van der Waals surface area contributed by atoms with E-state index in [1.54, 1.807) is 6.20 Å². The van der Waals surface area contributed by atoms with Crippen molar-refractivity contribution in [2.24, 2.45) is 0 Å². The molecule has 2 aliphatic rings. The first-order valence-electron chi connectivity index (χ1n) is 9.26. The van der Waals surface area contributed by atoms with Gasteiger partial charge in [0.1, 0.15) is 25.5 Å². The number of halogens is 1. The van der Waals surface area contributed by atoms with Crippen LogP contribution in [-0.4, -0.2) is 43.7 Å². The van der Waals surface area contributed by atoms with Gasteiger partial charge in [-0.25, -0.2) is 4.98 Å². The summed E-state index contributed by atoms with van der Waals surface area (Å²) in [4.78, 5) is 21.0. The van der Waals surface area contributed by atoms with Gasteiger partial charge >= 0.3 is 0 Å². The number of nitrogens with zero attached hydrogens (tertiary/aromatic N) is 2. The molecule has 2 aliphatic heterocycles. The van der Waals surface area contributed by atoms with Gasteiger partial charge in [-0.15, -0.1) is 0 Å². The Balaban J connectivity index is 1.72. The minimum atomic E-state index is -0.153. The fourth-order valence-electron chi connectivity index (χ4n) is 3.87. The first-order valence-corrected chi connectivity index (χ1v) is 9.64. The molecule has 1 aromatic carbocycles. The van der Waals surface area contributed by atoms with E-state index < -0.39 is 0 Å². The number of nitrogens with one attached hydrogen (secondary N) is 1. The zero-order valence-electron chi connectivity index (χ0n) is 15.3. The Morgan fingerprint density at radius 1 is 1.19 bits per heavy atom. The summed E-state index contributed by atoms with van der Waals surface area (Å²) in [5.41, 5.74) is 3.02. The van der Waals surface area contributed by atoms with E-state index in [2.05, 4.69) is 11.9 Å². The summed E-state index contributed by atoms with van der Waals surface area (Å²) in [7, 11) is 0. The van der Waals surface area contributed by atoms with E-state index in [1.807, 2.05) is 47.4 Å². The molecule has 1 atom stereocenters. The maximum absolute atomic E-state index is 13.4. The molecular formula is C21H23ClN3O2+. The Kier molecular flexibility index (Phi) is 5.25. The number of aromatic nitrogens is 1. The highest BCUT2D eigenvalue weighted by atomic mass is 35.5. The minimum absolute atomic E-state index is 0.0464. The van der Waals surface area contributed by atoms with Gasteiger partial charge in [0.25, 0.3) is 5.91 Å². The van der Waals surface area contributed by atoms with Crippen molar-refractivity contribution in [2.45, 2.75) is 13.0 Å². The molecule has 0 radical (unpaired) electrons. The molecule has 2 aromatic rings. The molecule has 1 saturated heterocycles. The van der Waals surface area contributed by atoms with Gasteiger partial charge in [-0.2, -0.15) is 0 Å². The lowest BCUT2D eigenvalue weighted by Crippen LogP contribution is -3.14. The molecule has 5 nitrogen and oxygen atoms in total. The van der Waals surface area contributed by atoms with Crippen molar-refractivity contribution in [2.75, 3.05) is 37.7 Å². The number of hydrogen-bond acceptors (Lipinski definition) is 3. The molecule has 6 heteroatoms. The van der Waals surface area contributed by atoms with Gasteiger partial charge in [-0.05, 0) is 42.3 Å². The van der Waals surface area contributed by atoms with Crippen LogP contribution in [0.5, 0.6) is 0 Å². The number of carbonyl (C=O) groups is 1. The Labute approximate surface area is 164 Å². The summed E-state index contributed by atoms with van der Waals surface area (Å²) in [6, 6.07) is 13.2. The van der Waals surface area contributed by atoms with Crippen LogP contribution in [0.15, 0.2) is 59.8 Å². The van der Waals surface area contributed by atoms with Gasteiger partial charge in [0, 0.05) is 11.2 Å². The zero-order valence-corrected chi connectivity index (χ0v) is 16.1. The third kappa shape index (κ3) is 3.63. The molecule has 1 amide bonds. The second-order valence-corrected chi connectivity index (χ2v) is 7.45. The molecule has 1 N–H and O–H groups in total. The van der Waals surface area contributed by atoms with E-state index in [1.165, 1.54) is 4.90 Å². The summed E-state index contributed by atoms with van der Waals surface area (Å²) >= 11 is 6.07. The fraction of sp³-hybridized carbons (Fsp3) is 0.333. The number of benzene rings is 1. The zero-order chi connectivity index (χ0) is 18.8. The highest BCUT2D eigenvalue weighted by Crippen LogP contribution is 2.40. The first kappa shape index (κ1) is 18.2. The van der Waals surface area contributed by atoms with E-state index in [0.717, 1.165) is 49.6 Å². The molecule has 140 valence electrons. The number of carbonyl (C=O) groups excluding carboxylic acids is 1. The Hall–Kier alpha value is -2.21. The van der Waals surface area contributed by atoms with Crippen LogP contribution < -0.4 is 9.80 Å². The highest BCUT2D eigenvalue weighted by molar-refractivity contribution is 6.30. The number of quaternary nitrogens is 1. The van der Waals surface area contributed by atoms with Crippen LogP contribution in [0.25, 0.3) is 0 Å². The largest absolute Gasteiger partial charge is 0.370 e. The summed E-state index contributed by atoms with van der Waals surface area (Å²) < 4.78 is 5.46. The average Bonchev–Trinajstić information content (AvgIpc) is 2.95. The number of ether oxygens (including phenoxy) is 1. The number of amides is 1. The number of pyridine rings is 1. The fourth-order valence-corrected chi connectivity index (χ4v) is 3.99. The third-order valence-electron chi connectivity index (χ3n) is 5.33. The van der Waals surface area contributed by atoms with Gasteiger partial charge in [0.2, 0.25) is 0 Å². The summed E-state index contributed by atoms with van der Waals surface area (Å²) in [6.07, 6.45) is 1.72. The smallest absolute Gasteiger partial charge is 0.261 e. The van der Waals surface area contributed by atoms with Crippen LogP contribution in [0.1, 0.15) is 18.5 Å². The highest BCUT2D eigenvalue weighted by Gasteiger charge is 2.41. The van der Waals surface area contributed by atoms with E-state index in [-0.39, 0.29) is 11.9 Å². The number of morpholine rings is 1. The van der Waals surface area contributed by atoms with Crippen LogP contribution >= 0.6 is 11.6 Å². The first-order chi connectivity index (χ1) is 13.1. The Morgan fingerprint density at radius 2 is 1.93 bits per heavy atom. The second kappa shape index (κ2) is 7.80. The predicted molar refractivity (Wildman–Crippen MR) is 105 cm³/mol. The summed E-state index contributed by atoms with van der Waals surface area (Å²) in [5.74, 6) is 0.721. The van der Waals surface area contributed by atoms with E-state index in [9.17, 15) is 4.79 Å². The maximum Gasteiger partial charge on any atom is 0.261 e. The quantitative estimate of drug-likeness (QED) is 0.877. The molecule has 1 aromatic heterocycles. The van der Waals surface area contributed by atoms with Crippen LogP contribution in [0.2, 0.25) is 5.02 Å². The average molecular weight is 385 g/mol. The van der Waals surface area contributed by atoms with Gasteiger partial charge in [-0.1, -0.05) is 29.8 Å². The molecule has 3 heterocycles. The van der Waals surface area contributed by atoms with E-state index >= 15 is 0 Å². The van der Waals surface area contributed by atoms with Gasteiger partial charge < -0.3 is 9.64 Å². The van der Waals surface area contributed by atoms with Gasteiger partial charge in [0.05, 0.1) is 24.8 Å². The summed E-state index contributed by atoms with van der Waals surface area (Å²) in [6.45, 7) is 6.15. The normalized spacial score (nSPS) is 21.2. The predicted octanol–water partition coefficient (Wildman–Crippen LogP) is 2.05. The van der Waals surface area contributed by atoms with Gasteiger partial charge in [0.15, 0.2) is 0 Å². The van der Waals surface area contributed by atoms with E-state index in [4.69, 9.17) is 16.3 Å². The molecule has 0 spiro atoms. The van der Waals surface area contributed by atoms with Crippen molar-refractivity contribution in [1.29, 1.82) is 0 Å². The van der Waals surface area contributed by atoms with Crippen LogP contribution in [0, 0.1) is 0 Å². The topological polar surface area (TPSA) is 46.9 Å². The van der Waals surface area contributed by atoms with Crippen molar-refractivity contribution >= 4 is 23.3 Å². The minimum Gasteiger partial charge on any atom is -0.370 e. The SMILES string of the molecule is CC1=C(C[NH+]2CCOCC2)C(=O)N(c2ccccn2)C1c1ccc(Cl)cc1. The summed E-state index contributed by atoms with van der Waals surface area (Å²) in [5, 5.41) is 0.687. The number of rotatable bonds is 4. The number of anilines is 1. The third-order valence-corrected chi connectivity index (χ3v) is 5.58. The number of hydrogen-bond donors (Lipinski definition) is 1. The molecule has 0 saturated carbocycles. The molecule has 27 heavy (non-hydrogen) atoms. The van der Waals surface area contributed by atoms with Crippen molar-refractivity contribution in [3.05, 3.63) is 70.4 Å². The van der Waals surface area contributed by atoms with Crippen LogP contribution in [0.4, 0.5) is 5.82 Å². The standard InChI is InChI=1S/C21H22ClN3O2/c1-15-18(14-24-10-12-27-13-11-24)21(26)25(19-4-2-3-9-23-19)20(15)16-5-7-17(22)8-6-16/h2-9,20H,10-14H2,1H3/p+1. The van der Waals surface area contributed by atoms with Crippen molar-refractivity contribution in [3.63, 3.8) is 0 Å². The lowest BCUT2D eigenvalue weighted by molar-refractivity contribution is -0.902. The van der Waals surface area contributed by atoms with Crippen LogP contribution in [-0.2, 0) is 9.53 Å². The second-order valence-electron chi connectivity index (χ2n) is 7.02. The van der Waals surface area contributed by atoms with Crippen molar-refractivity contribution < 1.29 is 14.4 Å². The van der Waals surface area contributed by atoms with Crippen molar-refractivity contribution in [1.82, 2.24) is 4.98 Å².